The standard InChI is InChI=1S/C31H48O4/c1-19-7-6-13-29(3)14-10-24-22(28(19)29)8-9-26-30(4)16-12-25(35-27(34)17-21(33)18-32)20(2)23(30)11-15-31(24,26)5/h8,18-21,23-26,28,33H,6-7,9-17H2,1-5H3. The summed E-state index contributed by atoms with van der Waals surface area (Å²) >= 11 is 0. The van der Waals surface area contributed by atoms with Gasteiger partial charge in [-0.25, -0.2) is 0 Å². The number of aldehydes is 1. The lowest BCUT2D eigenvalue weighted by Crippen LogP contribution is -2.59. The molecular formula is C31H48O4. The lowest BCUT2D eigenvalue weighted by atomic mass is 9.38. The molecule has 11 atom stereocenters. The van der Waals surface area contributed by atoms with E-state index < -0.39 is 12.1 Å². The molecule has 0 radical (unpaired) electrons. The van der Waals surface area contributed by atoms with E-state index in [1.807, 2.05) is 5.57 Å². The maximum atomic E-state index is 12.3. The minimum absolute atomic E-state index is 0.100. The molecule has 1 N–H and O–H groups in total. The number of carbonyl (C=O) groups excluding carboxylic acids is 2. The molecular weight excluding hydrogens is 436 g/mol. The molecule has 0 heterocycles. The Bertz CT molecular complexity index is 879. The van der Waals surface area contributed by atoms with Crippen molar-refractivity contribution in [2.24, 2.45) is 51.8 Å². The van der Waals surface area contributed by atoms with Crippen LogP contribution in [0.4, 0.5) is 0 Å². The normalized spacial score (nSPS) is 49.9. The first-order valence-corrected chi connectivity index (χ1v) is 14.6. The Morgan fingerprint density at radius 3 is 2.57 bits per heavy atom. The first-order chi connectivity index (χ1) is 16.5. The third kappa shape index (κ3) is 3.96. The molecule has 5 aliphatic carbocycles. The summed E-state index contributed by atoms with van der Waals surface area (Å²) in [7, 11) is 0. The van der Waals surface area contributed by atoms with Crippen LogP contribution in [-0.4, -0.2) is 29.6 Å². The van der Waals surface area contributed by atoms with Crippen molar-refractivity contribution in [1.82, 2.24) is 0 Å². The van der Waals surface area contributed by atoms with Crippen LogP contribution in [0.5, 0.6) is 0 Å². The fraction of sp³-hybridized carbons (Fsp3) is 0.871. The Morgan fingerprint density at radius 1 is 1.09 bits per heavy atom. The van der Waals surface area contributed by atoms with Gasteiger partial charge in [-0.1, -0.05) is 59.1 Å². The van der Waals surface area contributed by atoms with E-state index in [4.69, 9.17) is 4.74 Å². The van der Waals surface area contributed by atoms with Crippen LogP contribution in [0.1, 0.15) is 105 Å². The second kappa shape index (κ2) is 8.99. The highest BCUT2D eigenvalue weighted by Gasteiger charge is 2.62. The molecule has 0 bridgehead atoms. The highest BCUT2D eigenvalue weighted by atomic mass is 16.5. The predicted molar refractivity (Wildman–Crippen MR) is 137 cm³/mol. The lowest BCUT2D eigenvalue weighted by Gasteiger charge is -2.66. The largest absolute Gasteiger partial charge is 0.462 e. The molecule has 4 nitrogen and oxygen atoms in total. The Labute approximate surface area is 212 Å². The quantitative estimate of drug-likeness (QED) is 0.281. The van der Waals surface area contributed by atoms with Gasteiger partial charge in [0.05, 0.1) is 6.42 Å². The fourth-order valence-corrected chi connectivity index (χ4v) is 10.7. The number of fused-ring (bicyclic) bond motifs is 7. The zero-order chi connectivity index (χ0) is 25.2. The van der Waals surface area contributed by atoms with Gasteiger partial charge < -0.3 is 14.6 Å². The van der Waals surface area contributed by atoms with Gasteiger partial charge in [-0.2, -0.15) is 0 Å². The topological polar surface area (TPSA) is 63.6 Å². The van der Waals surface area contributed by atoms with E-state index in [0.29, 0.717) is 34.9 Å². The Balaban J connectivity index is 1.37. The monoisotopic (exact) mass is 484 g/mol. The van der Waals surface area contributed by atoms with E-state index in [2.05, 4.69) is 40.7 Å². The number of hydrogen-bond acceptors (Lipinski definition) is 4. The van der Waals surface area contributed by atoms with Crippen molar-refractivity contribution in [3.63, 3.8) is 0 Å². The smallest absolute Gasteiger partial charge is 0.309 e. The van der Waals surface area contributed by atoms with Crippen LogP contribution in [-0.2, 0) is 14.3 Å². The number of allylic oxidation sites excluding steroid dienone is 2. The first kappa shape index (κ1) is 25.5. The number of aliphatic hydroxyl groups excluding tert-OH is 1. The van der Waals surface area contributed by atoms with Crippen molar-refractivity contribution in [2.45, 2.75) is 117 Å². The van der Waals surface area contributed by atoms with Crippen molar-refractivity contribution in [3.05, 3.63) is 11.6 Å². The van der Waals surface area contributed by atoms with Crippen LogP contribution in [0.25, 0.3) is 0 Å². The van der Waals surface area contributed by atoms with Gasteiger partial charge >= 0.3 is 5.97 Å². The summed E-state index contributed by atoms with van der Waals surface area (Å²) in [6.07, 6.45) is 14.2. The average molecular weight is 485 g/mol. The molecule has 0 aliphatic heterocycles. The first-order valence-electron chi connectivity index (χ1n) is 14.6. The van der Waals surface area contributed by atoms with Gasteiger partial charge in [0.2, 0.25) is 0 Å². The summed E-state index contributed by atoms with van der Waals surface area (Å²) in [5.41, 5.74) is 3.01. The van der Waals surface area contributed by atoms with Gasteiger partial charge in [0.1, 0.15) is 18.5 Å². The molecule has 5 aliphatic rings. The summed E-state index contributed by atoms with van der Waals surface area (Å²) in [6.45, 7) is 12.6. The zero-order valence-electron chi connectivity index (χ0n) is 22.7. The van der Waals surface area contributed by atoms with Crippen LogP contribution in [0.3, 0.4) is 0 Å². The molecule has 0 aromatic heterocycles. The van der Waals surface area contributed by atoms with E-state index in [1.54, 1.807) is 0 Å². The van der Waals surface area contributed by atoms with E-state index in [1.165, 1.54) is 51.4 Å². The molecule has 0 aromatic rings. The highest BCUT2D eigenvalue weighted by molar-refractivity contribution is 5.74. The minimum atomic E-state index is -1.26. The summed E-state index contributed by atoms with van der Waals surface area (Å²) in [5.74, 6) is 3.47. The fourth-order valence-electron chi connectivity index (χ4n) is 10.7. The summed E-state index contributed by atoms with van der Waals surface area (Å²) in [4.78, 5) is 23.1. The Hall–Kier alpha value is -1.16. The Kier molecular flexibility index (Phi) is 6.55. The van der Waals surface area contributed by atoms with Crippen LogP contribution in [0.2, 0.25) is 0 Å². The van der Waals surface area contributed by atoms with Gasteiger partial charge in [-0.05, 0) is 103 Å². The van der Waals surface area contributed by atoms with Crippen LogP contribution >= 0.6 is 0 Å². The predicted octanol–water partition coefficient (Wildman–Crippen LogP) is 6.50. The third-order valence-corrected chi connectivity index (χ3v) is 12.3. The maximum Gasteiger partial charge on any atom is 0.309 e. The molecule has 0 aromatic carbocycles. The van der Waals surface area contributed by atoms with Crippen LogP contribution in [0.15, 0.2) is 11.6 Å². The SMILES string of the molecule is CC1CCCC2(C)CCC3C(=CCC4C3(C)CCC3C(C)C(OC(=O)CC(O)C=O)CCC34C)C12. The lowest BCUT2D eigenvalue weighted by molar-refractivity contribution is -0.179. The van der Waals surface area contributed by atoms with E-state index in [0.717, 1.165) is 30.6 Å². The van der Waals surface area contributed by atoms with Gasteiger partial charge in [-0.15, -0.1) is 0 Å². The third-order valence-electron chi connectivity index (χ3n) is 12.3. The second-order valence-electron chi connectivity index (χ2n) is 14.1. The van der Waals surface area contributed by atoms with Crippen LogP contribution in [0, 0.1) is 51.8 Å². The summed E-state index contributed by atoms with van der Waals surface area (Å²) in [6, 6.07) is 0. The molecule has 0 amide bonds. The molecule has 4 fully saturated rings. The Morgan fingerprint density at radius 2 is 1.83 bits per heavy atom. The van der Waals surface area contributed by atoms with Crippen molar-refractivity contribution >= 4 is 12.3 Å². The van der Waals surface area contributed by atoms with Crippen molar-refractivity contribution < 1.29 is 19.4 Å². The molecule has 35 heavy (non-hydrogen) atoms. The molecule has 4 heteroatoms. The number of carbonyl (C=O) groups is 2. The molecule has 5 rings (SSSR count). The molecule has 11 unspecified atom stereocenters. The van der Waals surface area contributed by atoms with Gasteiger partial charge in [-0.3, -0.25) is 4.79 Å². The molecule has 0 spiro atoms. The molecule has 0 saturated heterocycles. The van der Waals surface area contributed by atoms with Crippen molar-refractivity contribution in [3.8, 4) is 0 Å². The maximum absolute atomic E-state index is 12.3. The summed E-state index contributed by atoms with van der Waals surface area (Å²) < 4.78 is 5.83. The summed E-state index contributed by atoms with van der Waals surface area (Å²) in [5, 5.41) is 9.54. The number of rotatable bonds is 4. The number of hydrogen-bond donors (Lipinski definition) is 1. The highest BCUT2D eigenvalue weighted by Crippen LogP contribution is 2.70. The van der Waals surface area contributed by atoms with Gasteiger partial charge in [0.25, 0.3) is 0 Å². The van der Waals surface area contributed by atoms with Gasteiger partial charge in [0.15, 0.2) is 0 Å². The second-order valence-corrected chi connectivity index (χ2v) is 14.1. The minimum Gasteiger partial charge on any atom is -0.462 e. The zero-order valence-corrected chi connectivity index (χ0v) is 22.7. The van der Waals surface area contributed by atoms with Crippen LogP contribution < -0.4 is 0 Å². The van der Waals surface area contributed by atoms with Gasteiger partial charge in [0, 0.05) is 0 Å². The number of aliphatic hydroxyl groups is 1. The average Bonchev–Trinajstić information content (AvgIpc) is 2.80. The van der Waals surface area contributed by atoms with E-state index >= 15 is 0 Å². The van der Waals surface area contributed by atoms with E-state index in [-0.39, 0.29) is 17.9 Å². The van der Waals surface area contributed by atoms with Crippen molar-refractivity contribution in [1.29, 1.82) is 0 Å². The molecule has 4 saturated carbocycles. The van der Waals surface area contributed by atoms with Crippen molar-refractivity contribution in [2.75, 3.05) is 0 Å². The molecule has 196 valence electrons. The number of esters is 1. The van der Waals surface area contributed by atoms with E-state index in [9.17, 15) is 14.7 Å². The number of ether oxygens (including phenoxy) is 1.